The van der Waals surface area contributed by atoms with Crippen LogP contribution >= 0.6 is 0 Å². The molecule has 0 saturated carbocycles. The second-order valence-electron chi connectivity index (χ2n) is 5.77. The lowest BCUT2D eigenvalue weighted by Gasteiger charge is -2.26. The Morgan fingerprint density at radius 3 is 2.50 bits per heavy atom. The lowest BCUT2D eigenvalue weighted by Crippen LogP contribution is -2.28. The van der Waals surface area contributed by atoms with Crippen LogP contribution < -0.4 is 0 Å². The van der Waals surface area contributed by atoms with Gasteiger partial charge in [-0.2, -0.15) is 0 Å². The lowest BCUT2D eigenvalue weighted by atomic mass is 9.96. The molecule has 0 bridgehead atoms. The Kier molecular flexibility index (Phi) is 4.66. The van der Waals surface area contributed by atoms with Gasteiger partial charge in [-0.05, 0) is 12.5 Å². The van der Waals surface area contributed by atoms with Crippen LogP contribution in [-0.4, -0.2) is 30.6 Å². The minimum absolute atomic E-state index is 0.0795. The largest absolute Gasteiger partial charge is 0.365 e. The highest BCUT2D eigenvalue weighted by atomic mass is 16.5. The second kappa shape index (κ2) is 6.86. The highest BCUT2D eigenvalue weighted by Crippen LogP contribution is 2.28. The summed E-state index contributed by atoms with van der Waals surface area (Å²) in [5.74, 6) is 0.179. The van der Waals surface area contributed by atoms with E-state index in [2.05, 4.69) is 36.1 Å². The first-order chi connectivity index (χ1) is 10.7. The van der Waals surface area contributed by atoms with Crippen LogP contribution in [0.5, 0.6) is 0 Å². The molecule has 1 aliphatic rings. The fraction of sp³-hybridized carbons (Fsp3) is 0.316. The van der Waals surface area contributed by atoms with Crippen molar-refractivity contribution in [3.05, 3.63) is 71.3 Å². The Hall–Kier alpha value is -1.97. The summed E-state index contributed by atoms with van der Waals surface area (Å²) in [5.41, 5.74) is 3.19. The molecule has 1 heterocycles. The van der Waals surface area contributed by atoms with Gasteiger partial charge in [0.25, 0.3) is 0 Å². The van der Waals surface area contributed by atoms with Crippen molar-refractivity contribution < 1.29 is 9.53 Å². The molecule has 0 amide bonds. The lowest BCUT2D eigenvalue weighted by molar-refractivity contribution is 0.0856. The van der Waals surface area contributed by atoms with Gasteiger partial charge in [0.15, 0.2) is 5.78 Å². The highest BCUT2D eigenvalue weighted by Gasteiger charge is 2.26. The van der Waals surface area contributed by atoms with E-state index in [4.69, 9.17) is 4.74 Å². The van der Waals surface area contributed by atoms with E-state index in [1.165, 1.54) is 11.1 Å². The van der Waals surface area contributed by atoms with E-state index in [0.29, 0.717) is 13.2 Å². The van der Waals surface area contributed by atoms with Gasteiger partial charge in [0, 0.05) is 24.6 Å². The van der Waals surface area contributed by atoms with E-state index in [9.17, 15) is 4.79 Å². The third-order valence-corrected chi connectivity index (χ3v) is 4.16. The van der Waals surface area contributed by atoms with Gasteiger partial charge in [-0.3, -0.25) is 9.69 Å². The molecular weight excluding hydrogens is 274 g/mol. The molecule has 1 aliphatic heterocycles. The maximum atomic E-state index is 12.6. The molecule has 1 fully saturated rings. The number of hydrogen-bond acceptors (Lipinski definition) is 3. The fourth-order valence-electron chi connectivity index (χ4n) is 2.84. The zero-order chi connectivity index (χ0) is 15.4. The number of carbonyl (C=O) groups is 1. The predicted molar refractivity (Wildman–Crippen MR) is 86.8 cm³/mol. The molecule has 3 heteroatoms. The number of ether oxygens (including phenoxy) is 1. The van der Waals surface area contributed by atoms with Crippen LogP contribution in [0.3, 0.4) is 0 Å². The van der Waals surface area contributed by atoms with Gasteiger partial charge < -0.3 is 4.74 Å². The van der Waals surface area contributed by atoms with E-state index in [-0.39, 0.29) is 11.8 Å². The van der Waals surface area contributed by atoms with Gasteiger partial charge in [0.1, 0.15) is 0 Å². The van der Waals surface area contributed by atoms with E-state index < -0.39 is 0 Å². The molecular formula is C19H21NO2. The molecule has 2 aromatic carbocycles. The number of nitrogens with zero attached hydrogens (tertiary/aromatic N) is 1. The Bertz CT molecular complexity index is 616. The molecule has 3 nitrogen and oxygen atoms in total. The van der Waals surface area contributed by atoms with Crippen molar-refractivity contribution in [3.63, 3.8) is 0 Å². The Labute approximate surface area is 131 Å². The van der Waals surface area contributed by atoms with Crippen LogP contribution in [0.4, 0.5) is 0 Å². The molecule has 22 heavy (non-hydrogen) atoms. The Morgan fingerprint density at radius 2 is 1.86 bits per heavy atom. The van der Waals surface area contributed by atoms with Crippen molar-refractivity contribution in [1.82, 2.24) is 4.90 Å². The predicted octanol–water partition coefficient (Wildman–Crippen LogP) is 3.60. The van der Waals surface area contributed by atoms with Crippen LogP contribution in [0, 0.1) is 6.92 Å². The summed E-state index contributed by atoms with van der Waals surface area (Å²) >= 11 is 0. The van der Waals surface area contributed by atoms with Gasteiger partial charge in [0.2, 0.25) is 0 Å². The smallest absolute Gasteiger partial charge is 0.164 e. The van der Waals surface area contributed by atoms with E-state index in [1.54, 1.807) is 0 Å². The molecule has 1 atom stereocenters. The van der Waals surface area contributed by atoms with Crippen LogP contribution in [0.25, 0.3) is 0 Å². The summed E-state index contributed by atoms with van der Waals surface area (Å²) in [6.07, 6.45) is 0.483. The van der Waals surface area contributed by atoms with Crippen LogP contribution in [0.1, 0.15) is 33.9 Å². The molecule has 0 aromatic heterocycles. The Morgan fingerprint density at radius 1 is 1.14 bits per heavy atom. The SMILES string of the molecule is Cc1ccc(C(CC(=O)c2ccccc2)N2CCOC2)cc1. The van der Waals surface area contributed by atoms with Gasteiger partial charge in [-0.15, -0.1) is 0 Å². The average molecular weight is 295 g/mol. The quantitative estimate of drug-likeness (QED) is 0.789. The maximum absolute atomic E-state index is 12.6. The normalized spacial score (nSPS) is 16.6. The van der Waals surface area contributed by atoms with Crippen molar-refractivity contribution in [3.8, 4) is 0 Å². The molecule has 1 unspecified atom stereocenters. The summed E-state index contributed by atoms with van der Waals surface area (Å²) in [5, 5.41) is 0. The van der Waals surface area contributed by atoms with E-state index >= 15 is 0 Å². The fourth-order valence-corrected chi connectivity index (χ4v) is 2.84. The topological polar surface area (TPSA) is 29.5 Å². The maximum Gasteiger partial charge on any atom is 0.164 e. The second-order valence-corrected chi connectivity index (χ2v) is 5.77. The van der Waals surface area contributed by atoms with E-state index in [0.717, 1.165) is 18.7 Å². The number of Topliss-reactive ketones (excluding diaryl/α,β-unsaturated/α-hetero) is 1. The third kappa shape index (κ3) is 3.43. The van der Waals surface area contributed by atoms with Crippen molar-refractivity contribution in [1.29, 1.82) is 0 Å². The number of aryl methyl sites for hydroxylation is 1. The number of rotatable bonds is 5. The summed E-state index contributed by atoms with van der Waals surface area (Å²) in [4.78, 5) is 14.8. The zero-order valence-corrected chi connectivity index (χ0v) is 12.9. The number of carbonyl (C=O) groups excluding carboxylic acids is 1. The average Bonchev–Trinajstić information content (AvgIpc) is 3.08. The number of benzene rings is 2. The highest BCUT2D eigenvalue weighted by molar-refractivity contribution is 5.96. The standard InChI is InChI=1S/C19H21NO2/c1-15-7-9-16(10-8-15)18(20-11-12-22-14-20)13-19(21)17-5-3-2-4-6-17/h2-10,18H,11-14H2,1H3. The molecule has 0 N–H and O–H groups in total. The van der Waals surface area contributed by atoms with Crippen molar-refractivity contribution >= 4 is 5.78 Å². The molecule has 0 spiro atoms. The molecule has 0 aliphatic carbocycles. The van der Waals surface area contributed by atoms with E-state index in [1.807, 2.05) is 30.3 Å². The van der Waals surface area contributed by atoms with Gasteiger partial charge in [-0.1, -0.05) is 60.2 Å². The molecule has 2 aromatic rings. The molecule has 1 saturated heterocycles. The first kappa shape index (κ1) is 14.9. The third-order valence-electron chi connectivity index (χ3n) is 4.16. The summed E-state index contributed by atoms with van der Waals surface area (Å²) < 4.78 is 5.49. The number of hydrogen-bond donors (Lipinski definition) is 0. The van der Waals surface area contributed by atoms with Crippen molar-refractivity contribution in [2.75, 3.05) is 19.9 Å². The van der Waals surface area contributed by atoms with Gasteiger partial charge >= 0.3 is 0 Å². The minimum Gasteiger partial charge on any atom is -0.365 e. The Balaban J connectivity index is 1.82. The zero-order valence-electron chi connectivity index (χ0n) is 12.9. The van der Waals surface area contributed by atoms with Crippen molar-refractivity contribution in [2.45, 2.75) is 19.4 Å². The summed E-state index contributed by atoms with van der Waals surface area (Å²) in [6.45, 7) is 4.29. The molecule has 3 rings (SSSR count). The van der Waals surface area contributed by atoms with Crippen LogP contribution in [0.15, 0.2) is 54.6 Å². The van der Waals surface area contributed by atoms with Crippen molar-refractivity contribution in [2.24, 2.45) is 0 Å². The monoisotopic (exact) mass is 295 g/mol. The molecule has 114 valence electrons. The molecule has 0 radical (unpaired) electrons. The van der Waals surface area contributed by atoms with Gasteiger partial charge in [0.05, 0.1) is 13.3 Å². The minimum atomic E-state index is 0.0795. The number of ketones is 1. The van der Waals surface area contributed by atoms with Crippen LogP contribution in [0.2, 0.25) is 0 Å². The summed E-state index contributed by atoms with van der Waals surface area (Å²) in [6, 6.07) is 18.1. The van der Waals surface area contributed by atoms with Crippen LogP contribution in [-0.2, 0) is 4.74 Å². The summed E-state index contributed by atoms with van der Waals surface area (Å²) in [7, 11) is 0. The van der Waals surface area contributed by atoms with Gasteiger partial charge in [-0.25, -0.2) is 0 Å². The first-order valence-corrected chi connectivity index (χ1v) is 7.70. The first-order valence-electron chi connectivity index (χ1n) is 7.70.